The lowest BCUT2D eigenvalue weighted by Crippen LogP contribution is -2.07. The third-order valence-electron chi connectivity index (χ3n) is 2.00. The smallest absolute Gasteiger partial charge is 0.366 e. The number of hydrogen-bond donors (Lipinski definition) is 1. The van der Waals surface area contributed by atoms with Gasteiger partial charge in [-0.25, -0.2) is 0 Å². The van der Waals surface area contributed by atoms with E-state index in [-0.39, 0.29) is 0 Å². The van der Waals surface area contributed by atoms with Crippen LogP contribution in [0.2, 0.25) is 0 Å². The number of allylic oxidation sites excluding steroid dienone is 1. The predicted molar refractivity (Wildman–Crippen MR) is 54.3 cm³/mol. The van der Waals surface area contributed by atoms with E-state index < -0.39 is 17.6 Å². The summed E-state index contributed by atoms with van der Waals surface area (Å²) in [6, 6.07) is 4.73. The van der Waals surface area contributed by atoms with Crippen LogP contribution in [0.1, 0.15) is 18.1 Å². The molecule has 2 nitrogen and oxygen atoms in total. The number of halogens is 3. The molecule has 0 atom stereocenters. The van der Waals surface area contributed by atoms with Gasteiger partial charge in [0.2, 0.25) is 5.91 Å². The van der Waals surface area contributed by atoms with Gasteiger partial charge >= 0.3 is 6.18 Å². The molecular formula is C11H10F3NO. The van der Waals surface area contributed by atoms with Gasteiger partial charge in [-0.05, 0) is 30.2 Å². The molecule has 1 aromatic carbocycles. The second-order valence-corrected chi connectivity index (χ2v) is 3.31. The van der Waals surface area contributed by atoms with Gasteiger partial charge in [-0.2, -0.15) is 13.2 Å². The molecule has 0 fully saturated rings. The summed E-state index contributed by atoms with van der Waals surface area (Å²) in [6.07, 6.45) is -3.29. The van der Waals surface area contributed by atoms with Crippen LogP contribution in [0.5, 0.6) is 0 Å². The third-order valence-corrected chi connectivity index (χ3v) is 2.00. The molecule has 5 heteroatoms. The van der Waals surface area contributed by atoms with Crippen LogP contribution in [0.25, 0.3) is 5.57 Å². The zero-order valence-electron chi connectivity index (χ0n) is 8.51. The number of rotatable bonds is 2. The topological polar surface area (TPSA) is 43.1 Å². The van der Waals surface area contributed by atoms with Crippen molar-refractivity contribution in [1.29, 1.82) is 0 Å². The third kappa shape index (κ3) is 3.12. The molecule has 0 heterocycles. The first-order chi connectivity index (χ1) is 7.30. The Kier molecular flexibility index (Phi) is 3.37. The van der Waals surface area contributed by atoms with E-state index in [1.54, 1.807) is 0 Å². The molecular weight excluding hydrogens is 219 g/mol. The van der Waals surface area contributed by atoms with Crippen LogP contribution in [0.3, 0.4) is 0 Å². The number of nitrogens with two attached hydrogens (primary N) is 1. The van der Waals surface area contributed by atoms with Crippen LogP contribution in [-0.2, 0) is 11.0 Å². The van der Waals surface area contributed by atoms with E-state index in [0.29, 0.717) is 11.1 Å². The fourth-order valence-corrected chi connectivity index (χ4v) is 1.24. The fourth-order valence-electron chi connectivity index (χ4n) is 1.24. The first-order valence-electron chi connectivity index (χ1n) is 4.46. The lowest BCUT2D eigenvalue weighted by Gasteiger charge is -2.08. The van der Waals surface area contributed by atoms with Gasteiger partial charge in [0.25, 0.3) is 0 Å². The van der Waals surface area contributed by atoms with Gasteiger partial charge < -0.3 is 5.73 Å². The highest BCUT2D eigenvalue weighted by molar-refractivity contribution is 5.93. The molecule has 1 rings (SSSR count). The normalized spacial score (nSPS) is 12.6. The van der Waals surface area contributed by atoms with E-state index in [0.717, 1.165) is 18.2 Å². The zero-order valence-corrected chi connectivity index (χ0v) is 8.51. The molecule has 0 bridgehead atoms. The summed E-state index contributed by atoms with van der Waals surface area (Å²) in [5.41, 5.74) is 4.90. The molecule has 0 radical (unpaired) electrons. The van der Waals surface area contributed by atoms with Gasteiger partial charge in [-0.1, -0.05) is 12.1 Å². The summed E-state index contributed by atoms with van der Waals surface area (Å²) in [4.78, 5) is 10.6. The number of primary amides is 1. The largest absolute Gasteiger partial charge is 0.416 e. The molecule has 0 aliphatic carbocycles. The van der Waals surface area contributed by atoms with E-state index in [9.17, 15) is 18.0 Å². The maximum absolute atomic E-state index is 12.4. The molecule has 1 aromatic rings. The van der Waals surface area contributed by atoms with Crippen molar-refractivity contribution >= 4 is 11.5 Å². The highest BCUT2D eigenvalue weighted by Crippen LogP contribution is 2.30. The number of carbonyl (C=O) groups is 1. The Morgan fingerprint density at radius 2 is 2.00 bits per heavy atom. The van der Waals surface area contributed by atoms with Crippen LogP contribution >= 0.6 is 0 Å². The van der Waals surface area contributed by atoms with Crippen LogP contribution in [0.4, 0.5) is 13.2 Å². The highest BCUT2D eigenvalue weighted by atomic mass is 19.4. The van der Waals surface area contributed by atoms with Crippen molar-refractivity contribution in [3.63, 3.8) is 0 Å². The van der Waals surface area contributed by atoms with Gasteiger partial charge in [-0.15, -0.1) is 0 Å². The summed E-state index contributed by atoms with van der Waals surface area (Å²) in [6.45, 7) is 1.53. The number of benzene rings is 1. The van der Waals surface area contributed by atoms with Crippen molar-refractivity contribution in [2.75, 3.05) is 0 Å². The Balaban J connectivity index is 3.13. The molecule has 1 amide bonds. The average molecular weight is 229 g/mol. The lowest BCUT2D eigenvalue weighted by molar-refractivity contribution is -0.137. The fraction of sp³-hybridized carbons (Fsp3) is 0.182. The standard InChI is InChI=1S/C11H10F3NO/c1-7(5-10(15)16)8-3-2-4-9(6-8)11(12,13)14/h2-6H,1H3,(H2,15,16)/b7-5-. The average Bonchev–Trinajstić information content (AvgIpc) is 2.15. The number of amides is 1. The molecule has 0 aliphatic heterocycles. The maximum atomic E-state index is 12.4. The van der Waals surface area contributed by atoms with Gasteiger partial charge in [0.1, 0.15) is 0 Å². The first kappa shape index (κ1) is 12.3. The van der Waals surface area contributed by atoms with Crippen molar-refractivity contribution in [3.05, 3.63) is 41.5 Å². The Morgan fingerprint density at radius 3 is 2.50 bits per heavy atom. The minimum atomic E-state index is -4.39. The maximum Gasteiger partial charge on any atom is 0.416 e. The van der Waals surface area contributed by atoms with Crippen LogP contribution in [0.15, 0.2) is 30.3 Å². The van der Waals surface area contributed by atoms with Crippen LogP contribution in [0, 0.1) is 0 Å². The van der Waals surface area contributed by atoms with Gasteiger partial charge in [-0.3, -0.25) is 4.79 Å². The first-order valence-corrected chi connectivity index (χ1v) is 4.46. The summed E-state index contributed by atoms with van der Waals surface area (Å²) >= 11 is 0. The Bertz CT molecular complexity index is 435. The molecule has 0 saturated carbocycles. The second-order valence-electron chi connectivity index (χ2n) is 3.31. The summed E-state index contributed by atoms with van der Waals surface area (Å²) < 4.78 is 37.1. The second kappa shape index (κ2) is 4.38. The molecule has 2 N–H and O–H groups in total. The van der Waals surface area contributed by atoms with E-state index in [1.165, 1.54) is 19.1 Å². The van der Waals surface area contributed by atoms with Gasteiger partial charge in [0, 0.05) is 6.08 Å². The van der Waals surface area contributed by atoms with Crippen molar-refractivity contribution in [2.24, 2.45) is 5.73 Å². The summed E-state index contributed by atoms with van der Waals surface area (Å²) in [7, 11) is 0. The Hall–Kier alpha value is -1.78. The van der Waals surface area contributed by atoms with Gasteiger partial charge in [0.05, 0.1) is 5.56 Å². The molecule has 0 spiro atoms. The van der Waals surface area contributed by atoms with E-state index in [1.807, 2.05) is 0 Å². The van der Waals surface area contributed by atoms with Crippen molar-refractivity contribution in [2.45, 2.75) is 13.1 Å². The molecule has 86 valence electrons. The molecule has 0 saturated heterocycles. The minimum absolute atomic E-state index is 0.327. The number of alkyl halides is 3. The minimum Gasteiger partial charge on any atom is -0.366 e. The van der Waals surface area contributed by atoms with Crippen LogP contribution < -0.4 is 5.73 Å². The van der Waals surface area contributed by atoms with Gasteiger partial charge in [0.15, 0.2) is 0 Å². The predicted octanol–water partition coefficient (Wildman–Crippen LogP) is 2.59. The molecule has 16 heavy (non-hydrogen) atoms. The Labute approximate surface area is 90.6 Å². The molecule has 0 aliphatic rings. The number of hydrogen-bond acceptors (Lipinski definition) is 1. The lowest BCUT2D eigenvalue weighted by atomic mass is 10.0. The van der Waals surface area contributed by atoms with E-state index >= 15 is 0 Å². The van der Waals surface area contributed by atoms with Crippen molar-refractivity contribution in [1.82, 2.24) is 0 Å². The number of carbonyl (C=O) groups excluding carboxylic acids is 1. The monoisotopic (exact) mass is 229 g/mol. The zero-order chi connectivity index (χ0) is 12.3. The van der Waals surface area contributed by atoms with Crippen molar-refractivity contribution < 1.29 is 18.0 Å². The highest BCUT2D eigenvalue weighted by Gasteiger charge is 2.30. The van der Waals surface area contributed by atoms with E-state index in [2.05, 4.69) is 0 Å². The molecule has 0 unspecified atom stereocenters. The Morgan fingerprint density at radius 1 is 1.38 bits per heavy atom. The van der Waals surface area contributed by atoms with E-state index in [4.69, 9.17) is 5.73 Å². The molecule has 0 aromatic heterocycles. The SMILES string of the molecule is C/C(=C/C(N)=O)c1cccc(C(F)(F)F)c1. The summed E-state index contributed by atoms with van der Waals surface area (Å²) in [5.74, 6) is -0.685. The van der Waals surface area contributed by atoms with Crippen LogP contribution in [-0.4, -0.2) is 5.91 Å². The quantitative estimate of drug-likeness (QED) is 0.778. The summed E-state index contributed by atoms with van der Waals surface area (Å²) in [5, 5.41) is 0. The van der Waals surface area contributed by atoms with Crippen molar-refractivity contribution in [3.8, 4) is 0 Å².